The predicted octanol–water partition coefficient (Wildman–Crippen LogP) is 4.99. The number of hydrogen-bond acceptors (Lipinski definition) is 3. The van der Waals surface area contributed by atoms with Gasteiger partial charge in [0.15, 0.2) is 6.61 Å². The number of ether oxygens (including phenoxy) is 1. The van der Waals surface area contributed by atoms with E-state index in [0.717, 1.165) is 25.7 Å². The molecular formula is C23H25Cl2FN2O3. The number of nitrogens with one attached hydrogen (secondary N) is 1. The Balaban J connectivity index is 1.72. The minimum absolute atomic E-state index is 0.141. The number of hydrogen-bond donors (Lipinski definition) is 1. The Hall–Kier alpha value is -2.31. The molecule has 1 aliphatic rings. The highest BCUT2D eigenvalue weighted by Gasteiger charge is 2.28. The normalized spacial score (nSPS) is 14.8. The van der Waals surface area contributed by atoms with E-state index < -0.39 is 6.04 Å². The molecule has 3 rings (SSSR count). The maximum Gasteiger partial charge on any atom is 0.261 e. The summed E-state index contributed by atoms with van der Waals surface area (Å²) in [5, 5.41) is 3.78. The molecule has 1 aliphatic carbocycles. The Kier molecular flexibility index (Phi) is 8.15. The molecule has 0 radical (unpaired) electrons. The molecule has 2 aromatic carbocycles. The van der Waals surface area contributed by atoms with E-state index in [1.54, 1.807) is 31.2 Å². The van der Waals surface area contributed by atoms with Crippen LogP contribution in [-0.2, 0) is 16.1 Å². The standard InChI is InChI=1S/C23H25Cl2FN2O3/c1-15(23(30)27-19-4-2-3-5-19)28(13-16-6-9-18(26)10-7-16)22(29)14-31-21-11-8-17(24)12-20(21)25/h6-12,15,19H,2-5,13-14H2,1H3,(H,27,30)/t15-/m0/s1. The lowest BCUT2D eigenvalue weighted by Crippen LogP contribution is -2.50. The van der Waals surface area contributed by atoms with Gasteiger partial charge in [-0.05, 0) is 55.7 Å². The third-order valence-corrected chi connectivity index (χ3v) is 5.91. The molecule has 0 saturated heterocycles. The highest BCUT2D eigenvalue weighted by Crippen LogP contribution is 2.27. The van der Waals surface area contributed by atoms with Crippen LogP contribution in [0.5, 0.6) is 5.75 Å². The van der Waals surface area contributed by atoms with Crippen molar-refractivity contribution in [2.24, 2.45) is 0 Å². The van der Waals surface area contributed by atoms with E-state index in [2.05, 4.69) is 5.32 Å². The number of nitrogens with zero attached hydrogens (tertiary/aromatic N) is 1. The maximum absolute atomic E-state index is 13.3. The van der Waals surface area contributed by atoms with Gasteiger partial charge in [0.1, 0.15) is 17.6 Å². The fraction of sp³-hybridized carbons (Fsp3) is 0.391. The topological polar surface area (TPSA) is 58.6 Å². The fourth-order valence-corrected chi connectivity index (χ4v) is 4.04. The first-order chi connectivity index (χ1) is 14.8. The van der Waals surface area contributed by atoms with Crippen LogP contribution in [0.3, 0.4) is 0 Å². The van der Waals surface area contributed by atoms with Crippen molar-refractivity contribution in [1.29, 1.82) is 0 Å². The van der Waals surface area contributed by atoms with Crippen molar-refractivity contribution in [3.63, 3.8) is 0 Å². The van der Waals surface area contributed by atoms with Crippen LogP contribution in [0.15, 0.2) is 42.5 Å². The smallest absolute Gasteiger partial charge is 0.261 e. The minimum Gasteiger partial charge on any atom is -0.482 e. The minimum atomic E-state index is -0.720. The van der Waals surface area contributed by atoms with Crippen LogP contribution in [0.25, 0.3) is 0 Å². The average molecular weight is 467 g/mol. The summed E-state index contributed by atoms with van der Waals surface area (Å²) in [6.45, 7) is 1.53. The molecule has 166 valence electrons. The van der Waals surface area contributed by atoms with Gasteiger partial charge in [-0.15, -0.1) is 0 Å². The summed E-state index contributed by atoms with van der Waals surface area (Å²) in [7, 11) is 0. The van der Waals surface area contributed by atoms with E-state index in [1.165, 1.54) is 23.1 Å². The number of rotatable bonds is 8. The quantitative estimate of drug-likeness (QED) is 0.596. The number of carbonyl (C=O) groups is 2. The van der Waals surface area contributed by atoms with E-state index in [-0.39, 0.29) is 41.8 Å². The van der Waals surface area contributed by atoms with Gasteiger partial charge >= 0.3 is 0 Å². The predicted molar refractivity (Wildman–Crippen MR) is 119 cm³/mol. The van der Waals surface area contributed by atoms with E-state index in [1.807, 2.05) is 0 Å². The number of halogens is 3. The van der Waals surface area contributed by atoms with Crippen LogP contribution in [-0.4, -0.2) is 35.4 Å². The lowest BCUT2D eigenvalue weighted by Gasteiger charge is -2.29. The van der Waals surface area contributed by atoms with Gasteiger partial charge in [-0.2, -0.15) is 0 Å². The number of amides is 2. The van der Waals surface area contributed by atoms with Crippen molar-refractivity contribution < 1.29 is 18.7 Å². The summed E-state index contributed by atoms with van der Waals surface area (Å²) in [4.78, 5) is 27.3. The first-order valence-corrected chi connectivity index (χ1v) is 11.0. The summed E-state index contributed by atoms with van der Waals surface area (Å²) in [5.41, 5.74) is 0.708. The Morgan fingerprint density at radius 2 is 1.84 bits per heavy atom. The Labute approximate surface area is 191 Å². The van der Waals surface area contributed by atoms with E-state index in [4.69, 9.17) is 27.9 Å². The molecule has 1 atom stereocenters. The number of carbonyl (C=O) groups excluding carboxylic acids is 2. The molecule has 1 fully saturated rings. The monoisotopic (exact) mass is 466 g/mol. The zero-order valence-electron chi connectivity index (χ0n) is 17.2. The van der Waals surface area contributed by atoms with Gasteiger partial charge in [0.05, 0.1) is 5.02 Å². The van der Waals surface area contributed by atoms with Gasteiger partial charge < -0.3 is 15.0 Å². The Morgan fingerprint density at radius 1 is 1.16 bits per heavy atom. The summed E-state index contributed by atoms with van der Waals surface area (Å²) in [5.74, 6) is -0.644. The van der Waals surface area contributed by atoms with Gasteiger partial charge in [0.25, 0.3) is 5.91 Å². The average Bonchev–Trinajstić information content (AvgIpc) is 3.25. The molecule has 5 nitrogen and oxygen atoms in total. The van der Waals surface area contributed by atoms with E-state index in [0.29, 0.717) is 16.3 Å². The second kappa shape index (κ2) is 10.8. The third kappa shape index (κ3) is 6.58. The molecule has 0 unspecified atom stereocenters. The molecule has 1 N–H and O–H groups in total. The molecule has 0 aromatic heterocycles. The van der Waals surface area contributed by atoms with Gasteiger partial charge in [-0.1, -0.05) is 48.2 Å². The first-order valence-electron chi connectivity index (χ1n) is 10.3. The largest absolute Gasteiger partial charge is 0.482 e. The maximum atomic E-state index is 13.3. The van der Waals surface area contributed by atoms with E-state index >= 15 is 0 Å². The van der Waals surface area contributed by atoms with Crippen molar-refractivity contribution in [3.8, 4) is 5.75 Å². The molecule has 0 aliphatic heterocycles. The molecule has 0 bridgehead atoms. The van der Waals surface area contributed by atoms with Crippen molar-refractivity contribution >= 4 is 35.0 Å². The number of benzene rings is 2. The molecule has 31 heavy (non-hydrogen) atoms. The Morgan fingerprint density at radius 3 is 2.48 bits per heavy atom. The van der Waals surface area contributed by atoms with Crippen LogP contribution >= 0.6 is 23.2 Å². The highest BCUT2D eigenvalue weighted by atomic mass is 35.5. The molecule has 1 saturated carbocycles. The second-order valence-corrected chi connectivity index (χ2v) is 8.52. The molecule has 0 spiro atoms. The van der Waals surface area contributed by atoms with Crippen LogP contribution in [0.2, 0.25) is 10.0 Å². The van der Waals surface area contributed by atoms with Crippen LogP contribution in [0.1, 0.15) is 38.2 Å². The van der Waals surface area contributed by atoms with Gasteiger partial charge in [-0.3, -0.25) is 9.59 Å². The summed E-state index contributed by atoms with van der Waals surface area (Å²) in [6, 6.07) is 9.97. The van der Waals surface area contributed by atoms with Crippen LogP contribution in [0, 0.1) is 5.82 Å². The van der Waals surface area contributed by atoms with E-state index in [9.17, 15) is 14.0 Å². The Bertz CT molecular complexity index is 918. The summed E-state index contributed by atoms with van der Waals surface area (Å²) in [6.07, 6.45) is 4.07. The molecule has 0 heterocycles. The second-order valence-electron chi connectivity index (χ2n) is 7.68. The summed E-state index contributed by atoms with van der Waals surface area (Å²) >= 11 is 12.0. The zero-order valence-corrected chi connectivity index (χ0v) is 18.8. The molecule has 2 aromatic rings. The van der Waals surface area contributed by atoms with Gasteiger partial charge in [-0.25, -0.2) is 4.39 Å². The summed E-state index contributed by atoms with van der Waals surface area (Å²) < 4.78 is 18.9. The van der Waals surface area contributed by atoms with Crippen molar-refractivity contribution in [2.75, 3.05) is 6.61 Å². The van der Waals surface area contributed by atoms with Crippen molar-refractivity contribution in [2.45, 2.75) is 51.2 Å². The molecular weight excluding hydrogens is 442 g/mol. The lowest BCUT2D eigenvalue weighted by atomic mass is 10.1. The van der Waals surface area contributed by atoms with Gasteiger partial charge in [0, 0.05) is 17.6 Å². The highest BCUT2D eigenvalue weighted by molar-refractivity contribution is 6.35. The van der Waals surface area contributed by atoms with Crippen molar-refractivity contribution in [1.82, 2.24) is 10.2 Å². The lowest BCUT2D eigenvalue weighted by molar-refractivity contribution is -0.142. The SMILES string of the molecule is C[C@@H](C(=O)NC1CCCC1)N(Cc1ccc(F)cc1)C(=O)COc1ccc(Cl)cc1Cl. The molecule has 2 amide bonds. The third-order valence-electron chi connectivity index (χ3n) is 5.38. The zero-order chi connectivity index (χ0) is 22.4. The van der Waals surface area contributed by atoms with Crippen molar-refractivity contribution in [3.05, 3.63) is 63.9 Å². The fourth-order valence-electron chi connectivity index (χ4n) is 3.58. The first kappa shape index (κ1) is 23.4. The van der Waals surface area contributed by atoms with Gasteiger partial charge in [0.2, 0.25) is 5.91 Å². The molecule has 8 heteroatoms. The van der Waals surface area contributed by atoms with Crippen LogP contribution in [0.4, 0.5) is 4.39 Å². The van der Waals surface area contributed by atoms with Crippen LogP contribution < -0.4 is 10.1 Å².